The van der Waals surface area contributed by atoms with Crippen LogP contribution in [0.15, 0.2) is 0 Å². The maximum absolute atomic E-state index is 12.0. The van der Waals surface area contributed by atoms with Crippen LogP contribution in [0.2, 0.25) is 0 Å². The zero-order valence-electron chi connectivity index (χ0n) is 10.00. The smallest absolute Gasteiger partial charge is 0.237 e. The molecular weight excluding hydrogens is 204 g/mol. The lowest BCUT2D eigenvalue weighted by Gasteiger charge is -2.30. The number of hydrogen-bond donors (Lipinski definition) is 2. The molecule has 2 rings (SSSR count). The Kier molecular flexibility index (Phi) is 4.18. The van der Waals surface area contributed by atoms with E-state index in [-0.39, 0.29) is 11.9 Å². The van der Waals surface area contributed by atoms with Gasteiger partial charge in [0.25, 0.3) is 0 Å². The Morgan fingerprint density at radius 3 is 2.75 bits per heavy atom. The lowest BCUT2D eigenvalue weighted by atomic mass is 9.93. The molecule has 1 amide bonds. The number of rotatable bonds is 2. The fourth-order valence-electron chi connectivity index (χ4n) is 2.45. The fourth-order valence-corrected chi connectivity index (χ4v) is 2.45. The van der Waals surface area contributed by atoms with Crippen LogP contribution >= 0.6 is 0 Å². The van der Waals surface area contributed by atoms with Crippen LogP contribution in [0.25, 0.3) is 0 Å². The molecule has 2 aliphatic heterocycles. The highest BCUT2D eigenvalue weighted by molar-refractivity contribution is 5.82. The Balaban J connectivity index is 1.77. The van der Waals surface area contributed by atoms with Crippen molar-refractivity contribution in [3.05, 3.63) is 0 Å². The molecule has 0 saturated carbocycles. The summed E-state index contributed by atoms with van der Waals surface area (Å²) >= 11 is 0. The molecule has 2 heterocycles. The van der Waals surface area contributed by atoms with Gasteiger partial charge in [-0.05, 0) is 38.1 Å². The van der Waals surface area contributed by atoms with Crippen LogP contribution in [0.4, 0.5) is 0 Å². The van der Waals surface area contributed by atoms with Crippen LogP contribution in [-0.2, 0) is 9.53 Å². The second-order valence-corrected chi connectivity index (χ2v) is 5.03. The molecule has 0 spiro atoms. The van der Waals surface area contributed by atoms with Crippen LogP contribution < -0.4 is 10.6 Å². The fraction of sp³-hybridized carbons (Fsp3) is 0.917. The van der Waals surface area contributed by atoms with E-state index >= 15 is 0 Å². The summed E-state index contributed by atoms with van der Waals surface area (Å²) in [6.45, 7) is 4.74. The minimum Gasteiger partial charge on any atom is -0.381 e. The average molecular weight is 226 g/mol. The molecule has 0 aliphatic carbocycles. The Morgan fingerprint density at radius 1 is 1.31 bits per heavy atom. The van der Waals surface area contributed by atoms with Crippen molar-refractivity contribution in [1.29, 1.82) is 0 Å². The van der Waals surface area contributed by atoms with Crippen molar-refractivity contribution in [2.75, 3.05) is 19.8 Å². The van der Waals surface area contributed by atoms with E-state index in [1.807, 2.05) is 0 Å². The van der Waals surface area contributed by atoms with E-state index in [1.54, 1.807) is 0 Å². The second-order valence-electron chi connectivity index (χ2n) is 5.03. The van der Waals surface area contributed by atoms with Crippen molar-refractivity contribution in [3.63, 3.8) is 0 Å². The van der Waals surface area contributed by atoms with Crippen LogP contribution in [0.3, 0.4) is 0 Å². The van der Waals surface area contributed by atoms with Gasteiger partial charge >= 0.3 is 0 Å². The van der Waals surface area contributed by atoms with Gasteiger partial charge in [-0.2, -0.15) is 0 Å². The number of carbonyl (C=O) groups excluding carboxylic acids is 1. The molecule has 16 heavy (non-hydrogen) atoms. The third kappa shape index (κ3) is 3.19. The normalized spacial score (nSPS) is 32.3. The van der Waals surface area contributed by atoms with Crippen molar-refractivity contribution in [2.45, 2.75) is 44.7 Å². The van der Waals surface area contributed by atoms with Gasteiger partial charge in [0.05, 0.1) is 6.04 Å². The maximum Gasteiger partial charge on any atom is 0.237 e. The zero-order valence-corrected chi connectivity index (χ0v) is 10.00. The largest absolute Gasteiger partial charge is 0.381 e. The van der Waals surface area contributed by atoms with Crippen LogP contribution in [0, 0.1) is 5.92 Å². The van der Waals surface area contributed by atoms with Gasteiger partial charge in [-0.15, -0.1) is 0 Å². The third-order valence-electron chi connectivity index (χ3n) is 3.55. The Labute approximate surface area is 97.1 Å². The summed E-state index contributed by atoms with van der Waals surface area (Å²) in [5.41, 5.74) is 0. The van der Waals surface area contributed by atoms with E-state index in [9.17, 15) is 4.79 Å². The molecule has 0 aromatic heterocycles. The molecule has 4 heteroatoms. The monoisotopic (exact) mass is 226 g/mol. The summed E-state index contributed by atoms with van der Waals surface area (Å²) in [5.74, 6) is 0.838. The van der Waals surface area contributed by atoms with Gasteiger partial charge in [0, 0.05) is 19.3 Å². The summed E-state index contributed by atoms with van der Waals surface area (Å²) in [7, 11) is 0. The number of hydrogen-bond acceptors (Lipinski definition) is 3. The van der Waals surface area contributed by atoms with Gasteiger partial charge in [0.2, 0.25) is 5.91 Å². The topological polar surface area (TPSA) is 50.4 Å². The minimum absolute atomic E-state index is 0.0200. The summed E-state index contributed by atoms with van der Waals surface area (Å²) in [4.78, 5) is 12.0. The number of nitrogens with one attached hydrogen (secondary N) is 2. The lowest BCUT2D eigenvalue weighted by Crippen LogP contribution is -2.51. The summed E-state index contributed by atoms with van der Waals surface area (Å²) in [6.07, 6.45) is 4.05. The molecule has 0 aromatic carbocycles. The highest BCUT2D eigenvalue weighted by atomic mass is 16.5. The molecule has 0 radical (unpaired) electrons. The van der Waals surface area contributed by atoms with Crippen molar-refractivity contribution in [2.24, 2.45) is 5.92 Å². The van der Waals surface area contributed by atoms with E-state index in [0.717, 1.165) is 39.0 Å². The second kappa shape index (κ2) is 5.64. The van der Waals surface area contributed by atoms with Gasteiger partial charge in [-0.3, -0.25) is 4.79 Å². The molecule has 0 bridgehead atoms. The summed E-state index contributed by atoms with van der Waals surface area (Å²) in [6, 6.07) is 0.340. The zero-order chi connectivity index (χ0) is 11.4. The Bertz CT molecular complexity index is 239. The van der Waals surface area contributed by atoms with Gasteiger partial charge < -0.3 is 15.4 Å². The summed E-state index contributed by atoms with van der Waals surface area (Å²) < 4.78 is 5.28. The molecule has 2 atom stereocenters. The van der Waals surface area contributed by atoms with Gasteiger partial charge in [0.15, 0.2) is 0 Å². The van der Waals surface area contributed by atoms with E-state index in [1.165, 1.54) is 6.42 Å². The molecule has 2 aliphatic rings. The van der Waals surface area contributed by atoms with Crippen molar-refractivity contribution >= 4 is 5.91 Å². The average Bonchev–Trinajstić information content (AvgIpc) is 2.30. The van der Waals surface area contributed by atoms with Crippen LogP contribution in [0.5, 0.6) is 0 Å². The first-order chi connectivity index (χ1) is 7.75. The van der Waals surface area contributed by atoms with E-state index in [2.05, 4.69) is 17.6 Å². The summed E-state index contributed by atoms with van der Waals surface area (Å²) in [5, 5.41) is 6.42. The molecule has 2 unspecified atom stereocenters. The lowest BCUT2D eigenvalue weighted by molar-refractivity contribution is -0.125. The number of piperidine rings is 1. The van der Waals surface area contributed by atoms with Crippen LogP contribution in [0.1, 0.15) is 32.6 Å². The highest BCUT2D eigenvalue weighted by Crippen LogP contribution is 2.15. The minimum atomic E-state index is 0.0200. The molecular formula is C12H22N2O2. The van der Waals surface area contributed by atoms with Gasteiger partial charge in [-0.1, -0.05) is 6.92 Å². The van der Waals surface area contributed by atoms with E-state index in [4.69, 9.17) is 4.74 Å². The van der Waals surface area contributed by atoms with Crippen molar-refractivity contribution < 1.29 is 9.53 Å². The number of ether oxygens (including phenoxy) is 1. The predicted molar refractivity (Wildman–Crippen MR) is 62.2 cm³/mol. The van der Waals surface area contributed by atoms with Crippen LogP contribution in [-0.4, -0.2) is 37.7 Å². The quantitative estimate of drug-likeness (QED) is 0.727. The molecule has 2 fully saturated rings. The third-order valence-corrected chi connectivity index (χ3v) is 3.55. The molecule has 4 nitrogen and oxygen atoms in total. The first-order valence-electron chi connectivity index (χ1n) is 6.37. The molecule has 92 valence electrons. The molecule has 2 N–H and O–H groups in total. The number of carbonyl (C=O) groups is 1. The standard InChI is InChI=1S/C12H22N2O2/c1-9-2-5-13-11(8-9)12(15)14-10-3-6-16-7-4-10/h9-11,13H,2-8H2,1H3,(H,14,15). The maximum atomic E-state index is 12.0. The van der Waals surface area contributed by atoms with Gasteiger partial charge in [-0.25, -0.2) is 0 Å². The van der Waals surface area contributed by atoms with E-state index < -0.39 is 0 Å². The Morgan fingerprint density at radius 2 is 2.06 bits per heavy atom. The highest BCUT2D eigenvalue weighted by Gasteiger charge is 2.26. The molecule has 2 saturated heterocycles. The first-order valence-corrected chi connectivity index (χ1v) is 6.37. The van der Waals surface area contributed by atoms with E-state index in [0.29, 0.717) is 12.0 Å². The predicted octanol–water partition coefficient (Wildman–Crippen LogP) is 0.670. The first kappa shape index (κ1) is 11.9. The van der Waals surface area contributed by atoms with Gasteiger partial charge in [0.1, 0.15) is 0 Å². The Hall–Kier alpha value is -0.610. The van der Waals surface area contributed by atoms with Crippen molar-refractivity contribution in [3.8, 4) is 0 Å². The number of amides is 1. The van der Waals surface area contributed by atoms with Crippen molar-refractivity contribution in [1.82, 2.24) is 10.6 Å². The SMILES string of the molecule is CC1CCNC(C(=O)NC2CCOCC2)C1. The molecule has 0 aromatic rings.